The zero-order chi connectivity index (χ0) is 13.3. The van der Waals surface area contributed by atoms with Crippen molar-refractivity contribution in [1.29, 1.82) is 0 Å². The van der Waals surface area contributed by atoms with Crippen LogP contribution in [0.4, 0.5) is 11.4 Å². The van der Waals surface area contributed by atoms with Gasteiger partial charge in [-0.1, -0.05) is 28.8 Å². The highest BCUT2D eigenvalue weighted by atomic mass is 79.9. The van der Waals surface area contributed by atoms with Crippen molar-refractivity contribution in [3.63, 3.8) is 0 Å². The number of hydrogen-bond donors (Lipinski definition) is 2. The molecule has 7 heteroatoms. The van der Waals surface area contributed by atoms with Gasteiger partial charge in [-0.05, 0) is 40.9 Å². The van der Waals surface area contributed by atoms with E-state index in [-0.39, 0.29) is 5.25 Å². The summed E-state index contributed by atoms with van der Waals surface area (Å²) in [5.74, 6) is 0. The van der Waals surface area contributed by atoms with Gasteiger partial charge in [0.15, 0.2) is 0 Å². The second kappa shape index (κ2) is 5.38. The molecule has 100 valence electrons. The lowest BCUT2D eigenvalue weighted by Crippen LogP contribution is -2.25. The molecule has 1 aromatic carbocycles. The van der Waals surface area contributed by atoms with E-state index in [0.717, 1.165) is 30.2 Å². The third-order valence-electron chi connectivity index (χ3n) is 3.07. The fourth-order valence-electron chi connectivity index (χ4n) is 2.13. The fraction of sp³-hybridized carbons (Fsp3) is 0.455. The van der Waals surface area contributed by atoms with E-state index in [1.165, 1.54) is 0 Å². The maximum Gasteiger partial charge on any atom is 0.235 e. The van der Waals surface area contributed by atoms with E-state index < -0.39 is 10.0 Å². The molecule has 1 saturated carbocycles. The molecule has 0 heterocycles. The first-order valence-corrected chi connectivity index (χ1v) is 8.79. The molecule has 0 amide bonds. The van der Waals surface area contributed by atoms with E-state index in [9.17, 15) is 8.42 Å². The lowest BCUT2D eigenvalue weighted by atomic mass is 10.3. The van der Waals surface area contributed by atoms with E-state index in [0.29, 0.717) is 15.8 Å². The molecule has 1 fully saturated rings. The first-order valence-electron chi connectivity index (χ1n) is 5.66. The molecule has 0 saturated heterocycles. The summed E-state index contributed by atoms with van der Waals surface area (Å²) in [4.78, 5) is 0. The molecule has 1 aromatic rings. The first-order chi connectivity index (χ1) is 8.40. The van der Waals surface area contributed by atoms with Crippen molar-refractivity contribution in [2.75, 3.05) is 10.5 Å². The molecule has 0 bridgehead atoms. The van der Waals surface area contributed by atoms with Crippen molar-refractivity contribution in [2.24, 2.45) is 0 Å². The summed E-state index contributed by atoms with van der Waals surface area (Å²) >= 11 is 6.63. The highest BCUT2D eigenvalue weighted by Gasteiger charge is 2.29. The number of halogens is 2. The van der Waals surface area contributed by atoms with Gasteiger partial charge in [0.1, 0.15) is 0 Å². The molecule has 0 aromatic heterocycles. The number of rotatable bonds is 3. The summed E-state index contributed by atoms with van der Waals surface area (Å²) in [5.41, 5.74) is 6.66. The maximum atomic E-state index is 12.2. The fourth-order valence-corrected chi connectivity index (χ4v) is 5.25. The molecule has 4 nitrogen and oxygen atoms in total. The zero-order valence-corrected chi connectivity index (χ0v) is 13.6. The largest absolute Gasteiger partial charge is 0.397 e. The summed E-state index contributed by atoms with van der Waals surface area (Å²) in [6, 6.07) is 3.44. The molecule has 0 atom stereocenters. The Labute approximate surface area is 124 Å². The van der Waals surface area contributed by atoms with E-state index in [1.54, 1.807) is 12.1 Å². The van der Waals surface area contributed by atoms with Crippen LogP contribution in [-0.2, 0) is 10.0 Å². The van der Waals surface area contributed by atoms with Crippen LogP contribution in [0.25, 0.3) is 0 Å². The van der Waals surface area contributed by atoms with Gasteiger partial charge in [0.25, 0.3) is 0 Å². The summed E-state index contributed by atoms with van der Waals surface area (Å²) in [7, 11) is -3.35. The van der Waals surface area contributed by atoms with Gasteiger partial charge in [-0.15, -0.1) is 0 Å². The quantitative estimate of drug-likeness (QED) is 0.767. The molecule has 18 heavy (non-hydrogen) atoms. The normalized spacial score (nSPS) is 17.0. The average molecular weight is 398 g/mol. The Balaban J connectivity index is 2.29. The Morgan fingerprint density at radius 1 is 1.22 bits per heavy atom. The van der Waals surface area contributed by atoms with Crippen LogP contribution in [0.3, 0.4) is 0 Å². The summed E-state index contributed by atoms with van der Waals surface area (Å²) in [6.07, 6.45) is 3.40. The van der Waals surface area contributed by atoms with Gasteiger partial charge in [0.05, 0.1) is 16.6 Å². The lowest BCUT2D eigenvalue weighted by Gasteiger charge is -2.16. The number of sulfonamides is 1. The van der Waals surface area contributed by atoms with Crippen molar-refractivity contribution in [3.8, 4) is 0 Å². The predicted molar refractivity (Wildman–Crippen MR) is 81.1 cm³/mol. The summed E-state index contributed by atoms with van der Waals surface area (Å²) < 4.78 is 28.4. The maximum absolute atomic E-state index is 12.2. The van der Waals surface area contributed by atoms with Crippen molar-refractivity contribution < 1.29 is 8.42 Å². The van der Waals surface area contributed by atoms with Gasteiger partial charge in [-0.2, -0.15) is 0 Å². The van der Waals surface area contributed by atoms with Gasteiger partial charge in [-0.25, -0.2) is 8.42 Å². The third kappa shape index (κ3) is 3.00. The minimum atomic E-state index is -3.35. The Morgan fingerprint density at radius 2 is 1.83 bits per heavy atom. The predicted octanol–water partition coefficient (Wildman–Crippen LogP) is 3.48. The highest BCUT2D eigenvalue weighted by Crippen LogP contribution is 2.35. The average Bonchev–Trinajstić information content (AvgIpc) is 2.77. The molecule has 1 aliphatic rings. The molecule has 2 rings (SSSR count). The van der Waals surface area contributed by atoms with Crippen LogP contribution in [0.15, 0.2) is 21.1 Å². The monoisotopic (exact) mass is 396 g/mol. The van der Waals surface area contributed by atoms with Gasteiger partial charge in [0.2, 0.25) is 10.0 Å². The molecule has 0 radical (unpaired) electrons. The van der Waals surface area contributed by atoms with Crippen LogP contribution in [0.5, 0.6) is 0 Å². The van der Waals surface area contributed by atoms with E-state index in [2.05, 4.69) is 36.6 Å². The van der Waals surface area contributed by atoms with Crippen molar-refractivity contribution >= 4 is 53.3 Å². The van der Waals surface area contributed by atoms with Crippen molar-refractivity contribution in [3.05, 3.63) is 21.1 Å². The van der Waals surface area contributed by atoms with Gasteiger partial charge >= 0.3 is 0 Å². The lowest BCUT2D eigenvalue weighted by molar-refractivity contribution is 0.585. The van der Waals surface area contributed by atoms with E-state index in [1.807, 2.05) is 0 Å². The topological polar surface area (TPSA) is 72.2 Å². The van der Waals surface area contributed by atoms with Crippen molar-refractivity contribution in [2.45, 2.75) is 30.9 Å². The second-order valence-electron chi connectivity index (χ2n) is 4.41. The standard InChI is InChI=1S/C11H14Br2N2O2S/c12-7-5-9(13)11(10(14)6-7)15-18(16,17)8-3-1-2-4-8/h5-6,8,15H,1-4,14H2. The number of benzene rings is 1. The molecule has 0 unspecified atom stereocenters. The Morgan fingerprint density at radius 3 is 2.39 bits per heavy atom. The highest BCUT2D eigenvalue weighted by molar-refractivity contribution is 9.11. The minimum Gasteiger partial charge on any atom is -0.397 e. The van der Waals surface area contributed by atoms with Crippen LogP contribution >= 0.6 is 31.9 Å². The van der Waals surface area contributed by atoms with Gasteiger partial charge in [-0.3, -0.25) is 4.72 Å². The molecule has 3 N–H and O–H groups in total. The molecular formula is C11H14Br2N2O2S. The van der Waals surface area contributed by atoms with Gasteiger partial charge < -0.3 is 5.73 Å². The van der Waals surface area contributed by atoms with Crippen LogP contribution in [0, 0.1) is 0 Å². The number of nitrogen functional groups attached to an aromatic ring is 1. The first kappa shape index (κ1) is 14.1. The van der Waals surface area contributed by atoms with Gasteiger partial charge in [0, 0.05) is 8.95 Å². The van der Waals surface area contributed by atoms with Crippen LogP contribution in [0.1, 0.15) is 25.7 Å². The van der Waals surface area contributed by atoms with Crippen LogP contribution in [0.2, 0.25) is 0 Å². The minimum absolute atomic E-state index is 0.299. The smallest absolute Gasteiger partial charge is 0.235 e. The molecule has 0 spiro atoms. The Bertz CT molecular complexity index is 531. The van der Waals surface area contributed by atoms with Crippen LogP contribution in [-0.4, -0.2) is 13.7 Å². The Kier molecular flexibility index (Phi) is 4.23. The number of hydrogen-bond acceptors (Lipinski definition) is 3. The number of anilines is 2. The Hall–Kier alpha value is -0.270. The second-order valence-corrected chi connectivity index (χ2v) is 8.14. The number of nitrogens with one attached hydrogen (secondary N) is 1. The molecular weight excluding hydrogens is 384 g/mol. The number of nitrogens with two attached hydrogens (primary N) is 1. The SMILES string of the molecule is Nc1cc(Br)cc(Br)c1NS(=O)(=O)C1CCCC1. The zero-order valence-electron chi connectivity index (χ0n) is 9.62. The van der Waals surface area contributed by atoms with Crippen molar-refractivity contribution in [1.82, 2.24) is 0 Å². The van der Waals surface area contributed by atoms with E-state index in [4.69, 9.17) is 5.73 Å². The third-order valence-corrected chi connectivity index (χ3v) is 5.99. The van der Waals surface area contributed by atoms with Crippen LogP contribution < -0.4 is 10.5 Å². The summed E-state index contributed by atoms with van der Waals surface area (Å²) in [6.45, 7) is 0. The molecule has 1 aliphatic carbocycles. The summed E-state index contributed by atoms with van der Waals surface area (Å²) in [5, 5.41) is -0.299. The van der Waals surface area contributed by atoms with E-state index >= 15 is 0 Å². The molecule has 0 aliphatic heterocycles.